The fraction of sp³-hybridized carbons (Fsp3) is 0.400. The quantitative estimate of drug-likeness (QED) is 0.823. The van der Waals surface area contributed by atoms with Crippen molar-refractivity contribution in [3.8, 4) is 0 Å². The van der Waals surface area contributed by atoms with Crippen molar-refractivity contribution >= 4 is 17.6 Å². The Morgan fingerprint density at radius 1 is 1.45 bits per heavy atom. The molecule has 7 heteroatoms. The third-order valence-electron chi connectivity index (χ3n) is 3.57. The Bertz CT molecular complexity index is 615. The topological polar surface area (TPSA) is 77.2 Å². The number of aliphatic hydroxyl groups is 1. The number of rotatable bonds is 6. The number of esters is 1. The van der Waals surface area contributed by atoms with Gasteiger partial charge in [0, 0.05) is 5.02 Å². The standard InChI is InChI=1S/C15H18ClN3O3/c1-3-22-14(20)11(2)15(21,8-19-10-17-9-18-19)12-4-6-13(16)7-5-12/h4-7,9-11,21H,3,8H2,1-2H3. The maximum absolute atomic E-state index is 12.1. The van der Waals surface area contributed by atoms with Crippen molar-refractivity contribution in [3.63, 3.8) is 0 Å². The van der Waals surface area contributed by atoms with Gasteiger partial charge in [-0.1, -0.05) is 23.7 Å². The lowest BCUT2D eigenvalue weighted by Crippen LogP contribution is -2.42. The first-order valence-corrected chi connectivity index (χ1v) is 7.32. The highest BCUT2D eigenvalue weighted by atomic mass is 35.5. The van der Waals surface area contributed by atoms with E-state index in [1.807, 2.05) is 0 Å². The van der Waals surface area contributed by atoms with Crippen LogP contribution in [0, 0.1) is 5.92 Å². The maximum Gasteiger partial charge on any atom is 0.312 e. The second-order valence-corrected chi connectivity index (χ2v) is 5.43. The van der Waals surface area contributed by atoms with Gasteiger partial charge in [-0.2, -0.15) is 5.10 Å². The van der Waals surface area contributed by atoms with Crippen molar-refractivity contribution in [1.82, 2.24) is 14.8 Å². The molecule has 1 heterocycles. The Labute approximate surface area is 133 Å². The van der Waals surface area contributed by atoms with E-state index in [0.29, 0.717) is 10.6 Å². The highest BCUT2D eigenvalue weighted by Gasteiger charge is 2.41. The maximum atomic E-state index is 12.1. The summed E-state index contributed by atoms with van der Waals surface area (Å²) in [5.74, 6) is -1.25. The average molecular weight is 324 g/mol. The molecule has 1 N–H and O–H groups in total. The van der Waals surface area contributed by atoms with Gasteiger partial charge >= 0.3 is 5.97 Å². The van der Waals surface area contributed by atoms with E-state index < -0.39 is 17.5 Å². The number of hydrogen-bond donors (Lipinski definition) is 1. The molecule has 0 saturated heterocycles. The highest BCUT2D eigenvalue weighted by Crippen LogP contribution is 2.33. The molecule has 6 nitrogen and oxygen atoms in total. The molecule has 0 bridgehead atoms. The number of nitrogens with zero attached hydrogens (tertiary/aromatic N) is 3. The first kappa shape index (κ1) is 16.5. The Morgan fingerprint density at radius 2 is 2.14 bits per heavy atom. The number of benzene rings is 1. The summed E-state index contributed by atoms with van der Waals surface area (Å²) in [7, 11) is 0. The lowest BCUT2D eigenvalue weighted by molar-refractivity contribution is -0.159. The second-order valence-electron chi connectivity index (χ2n) is 5.00. The van der Waals surface area contributed by atoms with Crippen LogP contribution >= 0.6 is 11.6 Å². The predicted molar refractivity (Wildman–Crippen MR) is 81.2 cm³/mol. The average Bonchev–Trinajstić information content (AvgIpc) is 3.00. The molecule has 2 aromatic rings. The van der Waals surface area contributed by atoms with Gasteiger partial charge in [0.15, 0.2) is 0 Å². The fourth-order valence-electron chi connectivity index (χ4n) is 2.24. The summed E-state index contributed by atoms with van der Waals surface area (Å²) in [6, 6.07) is 6.71. The van der Waals surface area contributed by atoms with Gasteiger partial charge in [0.1, 0.15) is 18.3 Å². The van der Waals surface area contributed by atoms with E-state index in [1.54, 1.807) is 38.1 Å². The first-order chi connectivity index (χ1) is 10.5. The lowest BCUT2D eigenvalue weighted by atomic mass is 9.82. The van der Waals surface area contributed by atoms with E-state index in [9.17, 15) is 9.90 Å². The van der Waals surface area contributed by atoms with Crippen LogP contribution in [0.5, 0.6) is 0 Å². The van der Waals surface area contributed by atoms with Gasteiger partial charge in [0.25, 0.3) is 0 Å². The van der Waals surface area contributed by atoms with Crippen molar-refractivity contribution in [1.29, 1.82) is 0 Å². The molecule has 2 unspecified atom stereocenters. The number of halogens is 1. The van der Waals surface area contributed by atoms with Crippen LogP contribution in [0.4, 0.5) is 0 Å². The van der Waals surface area contributed by atoms with E-state index in [0.717, 1.165) is 0 Å². The van der Waals surface area contributed by atoms with Crippen molar-refractivity contribution in [2.75, 3.05) is 6.61 Å². The van der Waals surface area contributed by atoms with Crippen LogP contribution in [0.3, 0.4) is 0 Å². The summed E-state index contributed by atoms with van der Waals surface area (Å²) in [4.78, 5) is 16.0. The van der Waals surface area contributed by atoms with Crippen molar-refractivity contribution < 1.29 is 14.6 Å². The minimum atomic E-state index is -1.48. The summed E-state index contributed by atoms with van der Waals surface area (Å²) in [6.07, 6.45) is 2.86. The first-order valence-electron chi connectivity index (χ1n) is 6.95. The number of carbonyl (C=O) groups is 1. The molecule has 0 amide bonds. The number of ether oxygens (including phenoxy) is 1. The fourth-order valence-corrected chi connectivity index (χ4v) is 2.37. The van der Waals surface area contributed by atoms with E-state index in [4.69, 9.17) is 16.3 Å². The molecular formula is C15H18ClN3O3. The summed E-state index contributed by atoms with van der Waals surface area (Å²) in [6.45, 7) is 3.69. The predicted octanol–water partition coefficient (Wildman–Crippen LogP) is 2.02. The molecule has 1 aromatic carbocycles. The second kappa shape index (κ2) is 6.89. The summed E-state index contributed by atoms with van der Waals surface area (Å²) in [5, 5.41) is 15.7. The van der Waals surface area contributed by atoms with Gasteiger partial charge in [-0.3, -0.25) is 4.79 Å². The zero-order valence-electron chi connectivity index (χ0n) is 12.4. The molecule has 1 aromatic heterocycles. The van der Waals surface area contributed by atoms with Gasteiger partial charge in [-0.15, -0.1) is 0 Å². The van der Waals surface area contributed by atoms with Gasteiger partial charge in [0.2, 0.25) is 0 Å². The molecule has 0 aliphatic rings. The molecule has 0 saturated carbocycles. The molecule has 22 heavy (non-hydrogen) atoms. The minimum absolute atomic E-state index is 0.0780. The van der Waals surface area contributed by atoms with E-state index >= 15 is 0 Å². The smallest absolute Gasteiger partial charge is 0.312 e. The summed E-state index contributed by atoms with van der Waals surface area (Å²) in [5.41, 5.74) is -0.919. The number of hydrogen-bond acceptors (Lipinski definition) is 5. The van der Waals surface area contributed by atoms with Crippen molar-refractivity contribution in [2.45, 2.75) is 26.0 Å². The van der Waals surface area contributed by atoms with Crippen LogP contribution in [0.15, 0.2) is 36.9 Å². The molecule has 0 spiro atoms. The van der Waals surface area contributed by atoms with E-state index in [-0.39, 0.29) is 13.2 Å². The van der Waals surface area contributed by atoms with Gasteiger partial charge in [0.05, 0.1) is 19.1 Å². The summed E-state index contributed by atoms with van der Waals surface area (Å²) >= 11 is 5.90. The van der Waals surface area contributed by atoms with E-state index in [1.165, 1.54) is 17.3 Å². The Hall–Kier alpha value is -1.92. The zero-order chi connectivity index (χ0) is 16.2. The molecular weight excluding hydrogens is 306 g/mol. The van der Waals surface area contributed by atoms with Gasteiger partial charge in [-0.25, -0.2) is 9.67 Å². The Balaban J connectivity index is 2.38. The zero-order valence-corrected chi connectivity index (χ0v) is 13.2. The lowest BCUT2D eigenvalue weighted by Gasteiger charge is -2.33. The number of aromatic nitrogens is 3. The Kier molecular flexibility index (Phi) is 5.15. The molecule has 0 radical (unpaired) electrons. The van der Waals surface area contributed by atoms with Crippen LogP contribution in [0.1, 0.15) is 19.4 Å². The Morgan fingerprint density at radius 3 is 2.68 bits per heavy atom. The largest absolute Gasteiger partial charge is 0.466 e. The van der Waals surface area contributed by atoms with Crippen LogP contribution in [-0.2, 0) is 21.7 Å². The van der Waals surface area contributed by atoms with Gasteiger partial charge < -0.3 is 9.84 Å². The van der Waals surface area contributed by atoms with Crippen LogP contribution in [-0.4, -0.2) is 32.4 Å². The van der Waals surface area contributed by atoms with E-state index in [2.05, 4.69) is 10.1 Å². The SMILES string of the molecule is CCOC(=O)C(C)C(O)(Cn1cncn1)c1ccc(Cl)cc1. The van der Waals surface area contributed by atoms with Crippen molar-refractivity contribution in [3.05, 3.63) is 47.5 Å². The van der Waals surface area contributed by atoms with Gasteiger partial charge in [-0.05, 0) is 31.5 Å². The normalized spacial score (nSPS) is 15.1. The molecule has 0 aliphatic carbocycles. The molecule has 2 atom stereocenters. The molecule has 0 fully saturated rings. The van der Waals surface area contributed by atoms with Crippen LogP contribution < -0.4 is 0 Å². The third-order valence-corrected chi connectivity index (χ3v) is 3.82. The van der Waals surface area contributed by atoms with Crippen molar-refractivity contribution in [2.24, 2.45) is 5.92 Å². The molecule has 0 aliphatic heterocycles. The molecule has 2 rings (SSSR count). The van der Waals surface area contributed by atoms with Crippen LogP contribution in [0.2, 0.25) is 5.02 Å². The number of carbonyl (C=O) groups excluding carboxylic acids is 1. The van der Waals surface area contributed by atoms with Crippen LogP contribution in [0.25, 0.3) is 0 Å². The molecule has 118 valence electrons. The monoisotopic (exact) mass is 323 g/mol. The minimum Gasteiger partial charge on any atom is -0.466 e. The third kappa shape index (κ3) is 3.45. The highest BCUT2D eigenvalue weighted by molar-refractivity contribution is 6.30. The summed E-state index contributed by atoms with van der Waals surface area (Å²) < 4.78 is 6.52.